The number of alkyl carbamates (subject to hydrolysis) is 2. The minimum absolute atomic E-state index is 0.00534. The zero-order valence-corrected chi connectivity index (χ0v) is 41.8. The molecule has 17 nitrogen and oxygen atoms in total. The minimum Gasteiger partial charge on any atom is -0.458 e. The fourth-order valence-corrected chi connectivity index (χ4v) is 8.49. The molecule has 0 radical (unpaired) electrons. The van der Waals surface area contributed by atoms with Crippen LogP contribution in [0.25, 0.3) is 0 Å². The minimum atomic E-state index is -1.33. The number of likely N-dealkylation sites (tertiary alicyclic amines) is 1. The van der Waals surface area contributed by atoms with Crippen molar-refractivity contribution in [3.8, 4) is 0 Å². The highest BCUT2D eigenvalue weighted by molar-refractivity contribution is 5.99. The van der Waals surface area contributed by atoms with Gasteiger partial charge in [0.25, 0.3) is 0 Å². The van der Waals surface area contributed by atoms with Gasteiger partial charge in [-0.15, -0.1) is 0 Å². The Balaban J connectivity index is 1.22. The van der Waals surface area contributed by atoms with Crippen molar-refractivity contribution in [2.45, 2.75) is 110 Å². The van der Waals surface area contributed by atoms with Crippen LogP contribution >= 0.6 is 0 Å². The van der Waals surface area contributed by atoms with Crippen molar-refractivity contribution in [3.63, 3.8) is 0 Å². The second-order valence-corrected chi connectivity index (χ2v) is 19.3. The third-order valence-electron chi connectivity index (χ3n) is 11.9. The molecule has 4 aromatic rings. The predicted octanol–water partition coefficient (Wildman–Crippen LogP) is 8.43. The summed E-state index contributed by atoms with van der Waals surface area (Å²) in [4.78, 5) is 108. The zero-order chi connectivity index (χ0) is 52.4. The number of hydrogen-bond acceptors (Lipinski definition) is 14. The second kappa shape index (κ2) is 26.1. The maximum atomic E-state index is 14.1. The Bertz CT molecular complexity index is 2300. The number of carbonyl (C=O) groups is 8. The van der Waals surface area contributed by atoms with E-state index in [2.05, 4.69) is 10.6 Å². The molecular weight excluding hydrogens is 927 g/mol. The molecule has 2 N–H and O–H groups in total. The summed E-state index contributed by atoms with van der Waals surface area (Å²) in [6.45, 7) is 10.5. The smallest absolute Gasteiger partial charge is 0.411 e. The molecule has 0 saturated carbocycles. The van der Waals surface area contributed by atoms with Crippen LogP contribution in [0.5, 0.6) is 0 Å². The van der Waals surface area contributed by atoms with Gasteiger partial charge in [0.05, 0.1) is 0 Å². The third kappa shape index (κ3) is 17.4. The van der Waals surface area contributed by atoms with Crippen LogP contribution in [0, 0.1) is 17.8 Å². The summed E-state index contributed by atoms with van der Waals surface area (Å²) in [6.07, 6.45) is -2.37. The summed E-state index contributed by atoms with van der Waals surface area (Å²) >= 11 is 0. The first-order chi connectivity index (χ1) is 34.2. The van der Waals surface area contributed by atoms with Crippen LogP contribution in [-0.4, -0.2) is 102 Å². The van der Waals surface area contributed by atoms with Gasteiger partial charge < -0.3 is 39.1 Å². The summed E-state index contributed by atoms with van der Waals surface area (Å²) in [5.41, 5.74) is -0.464. The lowest BCUT2D eigenvalue weighted by Crippen LogP contribution is -2.50. The van der Waals surface area contributed by atoms with Crippen LogP contribution in [0.1, 0.15) is 99.6 Å². The number of hydrogen-bond donors (Lipinski definition) is 2. The van der Waals surface area contributed by atoms with E-state index in [0.717, 1.165) is 0 Å². The molecular formula is C55H65N3O14. The largest absolute Gasteiger partial charge is 0.458 e. The molecule has 0 bridgehead atoms. The monoisotopic (exact) mass is 991 g/mol. The van der Waals surface area contributed by atoms with E-state index in [-0.39, 0.29) is 44.9 Å². The fourth-order valence-electron chi connectivity index (χ4n) is 8.49. The van der Waals surface area contributed by atoms with Gasteiger partial charge in [-0.25, -0.2) is 28.8 Å². The zero-order valence-electron chi connectivity index (χ0n) is 41.8. The van der Waals surface area contributed by atoms with Crippen LogP contribution < -0.4 is 10.6 Å². The highest BCUT2D eigenvalue weighted by atomic mass is 16.6. The molecule has 17 heteroatoms. The second-order valence-electron chi connectivity index (χ2n) is 19.3. The molecule has 1 fully saturated rings. The molecule has 3 amide bonds. The number of nitrogens with zero attached hydrogens (tertiary/aromatic N) is 1. The number of carbonyl (C=O) groups excluding carboxylic acids is 8. The molecule has 1 saturated heterocycles. The summed E-state index contributed by atoms with van der Waals surface area (Å²) in [5.74, 6) is -5.06. The molecule has 1 heterocycles. The van der Waals surface area contributed by atoms with E-state index in [1.54, 1.807) is 151 Å². The van der Waals surface area contributed by atoms with E-state index in [1.807, 2.05) is 19.1 Å². The van der Waals surface area contributed by atoms with E-state index in [9.17, 15) is 38.4 Å². The normalized spacial score (nSPS) is 16.1. The van der Waals surface area contributed by atoms with Crippen molar-refractivity contribution in [1.29, 1.82) is 0 Å². The maximum absolute atomic E-state index is 14.1. The first kappa shape index (κ1) is 55.4. The number of nitrogens with one attached hydrogen (secondary N) is 2. The lowest BCUT2D eigenvalue weighted by Gasteiger charge is -2.35. The Morgan fingerprint density at radius 1 is 0.556 bits per heavy atom. The van der Waals surface area contributed by atoms with Gasteiger partial charge in [0.1, 0.15) is 42.5 Å². The Morgan fingerprint density at radius 2 is 0.931 bits per heavy atom. The molecule has 1 aliphatic heterocycles. The van der Waals surface area contributed by atoms with Crippen molar-refractivity contribution in [2.24, 2.45) is 17.8 Å². The average Bonchev–Trinajstić information content (AvgIpc) is 3.76. The quantitative estimate of drug-likeness (QED) is 0.0405. The highest BCUT2D eigenvalue weighted by Crippen LogP contribution is 2.32. The summed E-state index contributed by atoms with van der Waals surface area (Å²) in [5, 5.41) is 5.14. The Morgan fingerprint density at radius 3 is 1.33 bits per heavy atom. The van der Waals surface area contributed by atoms with Crippen molar-refractivity contribution in [3.05, 3.63) is 144 Å². The van der Waals surface area contributed by atoms with Gasteiger partial charge >= 0.3 is 36.2 Å². The van der Waals surface area contributed by atoms with Crippen LogP contribution in [-0.2, 0) is 56.0 Å². The molecule has 0 unspecified atom stereocenters. The summed E-state index contributed by atoms with van der Waals surface area (Å²) in [6, 6.07) is 30.7. The molecule has 1 aliphatic rings. The first-order valence-electron chi connectivity index (χ1n) is 23.9. The molecule has 0 spiro atoms. The van der Waals surface area contributed by atoms with Gasteiger partial charge in [0.15, 0.2) is 24.8 Å². The van der Waals surface area contributed by atoms with Gasteiger partial charge in [0.2, 0.25) is 0 Å². The van der Waals surface area contributed by atoms with Crippen LogP contribution in [0.15, 0.2) is 121 Å². The van der Waals surface area contributed by atoms with E-state index in [0.29, 0.717) is 22.3 Å². The lowest BCUT2D eigenvalue weighted by atomic mass is 9.89. The van der Waals surface area contributed by atoms with Crippen molar-refractivity contribution in [2.75, 3.05) is 19.8 Å². The number of ketones is 2. The number of benzene rings is 4. The standard InChI is InChI=1S/C55H65N3O14/c1-36-28-43(48(61)71-54(4,5)29-37(2)46(56-51(64)69-32-39-20-12-8-13-21-39)49(62)67-34-44(59)41-24-16-10-17-25-41)58(31-36)53(66)72-55(6,7)30-38(3)47(57-52(65)70-33-40-22-14-9-15-23-40)50(63)68-35-45(60)42-26-18-11-19-27-42/h8-27,36-38,43,46-47H,28-35H2,1-7H3,(H,56,64)(H,57,65)/t36-,37-,38-,43-,46-,47-/m0/s1. The Labute approximate surface area is 420 Å². The topological polar surface area (TPSA) is 219 Å². The summed E-state index contributed by atoms with van der Waals surface area (Å²) in [7, 11) is 0. The van der Waals surface area contributed by atoms with Crippen molar-refractivity contribution in [1.82, 2.24) is 15.5 Å². The number of ether oxygens (including phenoxy) is 6. The van der Waals surface area contributed by atoms with Crippen LogP contribution in [0.2, 0.25) is 0 Å². The SMILES string of the molecule is C[C@H]1C[C@@H](C(=O)OC(C)(C)C[C@H](C)[C@H](NC(=O)OCc2ccccc2)C(=O)OCC(=O)c2ccccc2)N(C(=O)OC(C)(C)C[C@H](C)[C@H](NC(=O)OCc2ccccc2)C(=O)OCC(=O)c2ccccc2)C1. The van der Waals surface area contributed by atoms with Gasteiger partial charge in [-0.05, 0) is 75.8 Å². The lowest BCUT2D eigenvalue weighted by molar-refractivity contribution is -0.164. The number of amides is 3. The number of esters is 3. The van der Waals surface area contributed by atoms with E-state index in [4.69, 9.17) is 28.4 Å². The Kier molecular flexibility index (Phi) is 20.0. The molecule has 0 aliphatic carbocycles. The van der Waals surface area contributed by atoms with E-state index in [1.165, 1.54) is 4.90 Å². The maximum Gasteiger partial charge on any atom is 0.411 e. The van der Waals surface area contributed by atoms with Gasteiger partial charge in [-0.3, -0.25) is 14.5 Å². The molecule has 72 heavy (non-hydrogen) atoms. The van der Waals surface area contributed by atoms with E-state index < -0.39 is 102 Å². The van der Waals surface area contributed by atoms with E-state index >= 15 is 0 Å². The number of Topliss-reactive ketones (excluding diaryl/α,β-unsaturated/α-hetero) is 2. The fraction of sp³-hybridized carbons (Fsp3) is 0.418. The molecule has 6 atom stereocenters. The van der Waals surface area contributed by atoms with Crippen LogP contribution in [0.3, 0.4) is 0 Å². The molecule has 5 rings (SSSR count). The molecule has 384 valence electrons. The van der Waals surface area contributed by atoms with Crippen molar-refractivity contribution < 1.29 is 66.8 Å². The Hall–Kier alpha value is -7.56. The van der Waals surface area contributed by atoms with Gasteiger partial charge in [-0.1, -0.05) is 142 Å². The average molecular weight is 992 g/mol. The predicted molar refractivity (Wildman–Crippen MR) is 263 cm³/mol. The van der Waals surface area contributed by atoms with Gasteiger partial charge in [-0.2, -0.15) is 0 Å². The first-order valence-corrected chi connectivity index (χ1v) is 23.9. The van der Waals surface area contributed by atoms with Crippen LogP contribution in [0.4, 0.5) is 14.4 Å². The summed E-state index contributed by atoms with van der Waals surface area (Å²) < 4.78 is 33.7. The third-order valence-corrected chi connectivity index (χ3v) is 11.9. The number of rotatable bonds is 23. The van der Waals surface area contributed by atoms with Gasteiger partial charge in [0, 0.05) is 17.7 Å². The highest BCUT2D eigenvalue weighted by Gasteiger charge is 2.45. The molecule has 4 aromatic carbocycles. The molecule has 0 aromatic heterocycles. The van der Waals surface area contributed by atoms with Crippen molar-refractivity contribution >= 4 is 47.8 Å².